The highest BCUT2D eigenvalue weighted by atomic mass is 15.0. The van der Waals surface area contributed by atoms with E-state index in [1.807, 2.05) is 6.07 Å². The van der Waals surface area contributed by atoms with Crippen LogP contribution in [0.25, 0.3) is 121 Å². The van der Waals surface area contributed by atoms with Gasteiger partial charge in [-0.15, -0.1) is 0 Å². The van der Waals surface area contributed by atoms with Crippen molar-refractivity contribution in [3.63, 3.8) is 0 Å². The highest BCUT2D eigenvalue weighted by Crippen LogP contribution is 2.44. The Morgan fingerprint density at radius 1 is 0.375 bits per heavy atom. The third-order valence-electron chi connectivity index (χ3n) is 13.3. The van der Waals surface area contributed by atoms with E-state index < -0.39 is 0 Å². The predicted molar refractivity (Wildman–Crippen MR) is 269 cm³/mol. The number of aromatic nitrogens is 4. The number of hydrogen-bond donors (Lipinski definition) is 0. The Labute approximate surface area is 369 Å². The van der Waals surface area contributed by atoms with Gasteiger partial charge in [-0.25, -0.2) is 9.97 Å². The van der Waals surface area contributed by atoms with Crippen molar-refractivity contribution in [3.8, 4) is 45.3 Å². The quantitative estimate of drug-likeness (QED) is 0.168. The maximum Gasteiger partial charge on any atom is 0.160 e. The minimum atomic E-state index is 0.717. The number of nitrogens with zero attached hydrogens (tertiary/aromatic N) is 4. The van der Waals surface area contributed by atoms with Crippen molar-refractivity contribution in [2.24, 2.45) is 0 Å². The molecular formula is C60H40N4. The Morgan fingerprint density at radius 2 is 0.984 bits per heavy atom. The van der Waals surface area contributed by atoms with E-state index in [9.17, 15) is 0 Å². The molecule has 13 aromatic rings. The SMILES string of the molecule is CCc1c(-c2ccccc2)nc(-c2ccccc2)nc1-c1cc(-n2c3ccccc3c3cc4c5c6ccccc6ccc5n(-c5cccc6ccccc56)c4cc32)cc2ccccc12. The van der Waals surface area contributed by atoms with Crippen LogP contribution in [-0.4, -0.2) is 19.1 Å². The zero-order chi connectivity index (χ0) is 42.3. The van der Waals surface area contributed by atoms with Crippen LogP contribution in [0.15, 0.2) is 212 Å². The lowest BCUT2D eigenvalue weighted by atomic mass is 9.94. The molecule has 0 saturated carbocycles. The summed E-state index contributed by atoms with van der Waals surface area (Å²) < 4.78 is 4.98. The average Bonchev–Trinajstić information content (AvgIpc) is 3.87. The molecule has 0 aliphatic carbocycles. The van der Waals surface area contributed by atoms with Crippen LogP contribution in [0.4, 0.5) is 0 Å². The van der Waals surface area contributed by atoms with Crippen molar-refractivity contribution < 1.29 is 0 Å². The standard InChI is InChI=1S/C60H40N4/c1-2-44-58(40-20-5-3-6-21-40)61-60(41-22-7-4-8-23-41)62-59(44)50-35-43(34-42-24-11-12-26-45(42)50)63-53-30-16-15-29-48(53)49-36-51-56(37-55(49)63)64(52-31-17-25-38-18-9-13-27-46(38)52)54-33-32-39-19-10-14-28-47(39)57(51)54/h3-37H,2H2,1H3. The lowest BCUT2D eigenvalue weighted by Gasteiger charge is -2.18. The van der Waals surface area contributed by atoms with Gasteiger partial charge < -0.3 is 9.13 Å². The van der Waals surface area contributed by atoms with Crippen molar-refractivity contribution in [3.05, 3.63) is 218 Å². The first kappa shape index (κ1) is 36.3. The summed E-state index contributed by atoms with van der Waals surface area (Å²) in [4.78, 5) is 10.8. The normalized spacial score (nSPS) is 11.9. The number of rotatable bonds is 6. The third kappa shape index (κ3) is 5.49. The first-order valence-electron chi connectivity index (χ1n) is 22.1. The molecular weight excluding hydrogens is 777 g/mol. The van der Waals surface area contributed by atoms with Crippen molar-refractivity contribution in [1.82, 2.24) is 19.1 Å². The molecule has 10 aromatic carbocycles. The maximum absolute atomic E-state index is 5.50. The van der Waals surface area contributed by atoms with Gasteiger partial charge >= 0.3 is 0 Å². The molecule has 0 aliphatic rings. The van der Waals surface area contributed by atoms with Gasteiger partial charge in [-0.3, -0.25) is 0 Å². The molecule has 0 atom stereocenters. The van der Waals surface area contributed by atoms with Gasteiger partial charge in [-0.05, 0) is 75.8 Å². The smallest absolute Gasteiger partial charge is 0.160 e. The van der Waals surface area contributed by atoms with E-state index in [1.54, 1.807) is 0 Å². The van der Waals surface area contributed by atoms with E-state index in [4.69, 9.17) is 9.97 Å². The summed E-state index contributed by atoms with van der Waals surface area (Å²) in [7, 11) is 0. The number of fused-ring (bicyclic) bond motifs is 10. The highest BCUT2D eigenvalue weighted by molar-refractivity contribution is 6.26. The van der Waals surface area contributed by atoms with Crippen LogP contribution in [0, 0.1) is 0 Å². The van der Waals surface area contributed by atoms with Crippen LogP contribution in [0.1, 0.15) is 12.5 Å². The van der Waals surface area contributed by atoms with Crippen molar-refractivity contribution in [2.75, 3.05) is 0 Å². The molecule has 13 rings (SSSR count). The largest absolute Gasteiger partial charge is 0.309 e. The Bertz CT molecular complexity index is 3980. The van der Waals surface area contributed by atoms with Gasteiger partial charge in [0.25, 0.3) is 0 Å². The Hall–Kier alpha value is -8.34. The molecule has 0 N–H and O–H groups in total. The second-order valence-corrected chi connectivity index (χ2v) is 16.8. The van der Waals surface area contributed by atoms with Crippen LogP contribution in [0.2, 0.25) is 0 Å². The second kappa shape index (κ2) is 14.4. The van der Waals surface area contributed by atoms with Crippen LogP contribution in [0.3, 0.4) is 0 Å². The molecule has 4 heteroatoms. The first-order valence-corrected chi connectivity index (χ1v) is 22.1. The second-order valence-electron chi connectivity index (χ2n) is 16.8. The summed E-state index contributed by atoms with van der Waals surface area (Å²) in [6.07, 6.45) is 0.772. The molecule has 0 bridgehead atoms. The van der Waals surface area contributed by atoms with E-state index in [0.29, 0.717) is 5.82 Å². The van der Waals surface area contributed by atoms with E-state index >= 15 is 0 Å². The number of hydrogen-bond acceptors (Lipinski definition) is 2. The van der Waals surface area contributed by atoms with Crippen molar-refractivity contribution >= 4 is 75.9 Å². The summed E-state index contributed by atoms with van der Waals surface area (Å²) in [5.74, 6) is 0.717. The zero-order valence-electron chi connectivity index (χ0n) is 35.2. The number of para-hydroxylation sites is 1. The molecule has 0 amide bonds. The van der Waals surface area contributed by atoms with Gasteiger partial charge in [-0.2, -0.15) is 0 Å². The lowest BCUT2D eigenvalue weighted by molar-refractivity contribution is 1.06. The molecule has 0 spiro atoms. The number of benzene rings is 10. The van der Waals surface area contributed by atoms with Crippen LogP contribution in [-0.2, 0) is 6.42 Å². The molecule has 0 unspecified atom stereocenters. The van der Waals surface area contributed by atoms with Crippen LogP contribution >= 0.6 is 0 Å². The van der Waals surface area contributed by atoms with Gasteiger partial charge in [0.2, 0.25) is 0 Å². The molecule has 0 radical (unpaired) electrons. The summed E-state index contributed by atoms with van der Waals surface area (Å²) in [5.41, 5.74) is 13.1. The first-order chi connectivity index (χ1) is 31.7. The summed E-state index contributed by atoms with van der Waals surface area (Å²) >= 11 is 0. The van der Waals surface area contributed by atoms with E-state index in [-0.39, 0.29) is 0 Å². The lowest BCUT2D eigenvalue weighted by Crippen LogP contribution is -2.04. The van der Waals surface area contributed by atoms with E-state index in [2.05, 4.69) is 222 Å². The van der Waals surface area contributed by atoms with Gasteiger partial charge in [0.05, 0.1) is 39.1 Å². The third-order valence-corrected chi connectivity index (χ3v) is 13.3. The van der Waals surface area contributed by atoms with Gasteiger partial charge in [-0.1, -0.05) is 177 Å². The fourth-order valence-corrected chi connectivity index (χ4v) is 10.4. The summed E-state index contributed by atoms with van der Waals surface area (Å²) in [5, 5.41) is 12.2. The summed E-state index contributed by atoms with van der Waals surface area (Å²) in [6.45, 7) is 2.22. The Balaban J connectivity index is 1.15. The minimum absolute atomic E-state index is 0.717. The Morgan fingerprint density at radius 3 is 1.77 bits per heavy atom. The minimum Gasteiger partial charge on any atom is -0.309 e. The molecule has 0 fully saturated rings. The fraction of sp³-hybridized carbons (Fsp3) is 0.0333. The molecule has 0 saturated heterocycles. The van der Waals surface area contributed by atoms with Crippen LogP contribution < -0.4 is 0 Å². The average molecular weight is 817 g/mol. The molecule has 0 aliphatic heterocycles. The fourth-order valence-electron chi connectivity index (χ4n) is 10.4. The van der Waals surface area contributed by atoms with Crippen molar-refractivity contribution in [2.45, 2.75) is 13.3 Å². The molecule has 3 heterocycles. The van der Waals surface area contributed by atoms with Gasteiger partial charge in [0.1, 0.15) is 0 Å². The molecule has 4 nitrogen and oxygen atoms in total. The van der Waals surface area contributed by atoms with E-state index in [1.165, 1.54) is 59.8 Å². The zero-order valence-corrected chi connectivity index (χ0v) is 35.2. The Kier molecular flexibility index (Phi) is 8.16. The molecule has 3 aromatic heterocycles. The van der Waals surface area contributed by atoms with Gasteiger partial charge in [0, 0.05) is 54.9 Å². The van der Waals surface area contributed by atoms with Gasteiger partial charge in [0.15, 0.2) is 5.82 Å². The molecule has 300 valence electrons. The topological polar surface area (TPSA) is 35.6 Å². The maximum atomic E-state index is 5.50. The van der Waals surface area contributed by atoms with Crippen LogP contribution in [0.5, 0.6) is 0 Å². The molecule has 64 heavy (non-hydrogen) atoms. The van der Waals surface area contributed by atoms with Crippen molar-refractivity contribution in [1.29, 1.82) is 0 Å². The summed E-state index contributed by atoms with van der Waals surface area (Å²) in [6, 6.07) is 77.0. The van der Waals surface area contributed by atoms with E-state index in [0.717, 1.165) is 67.6 Å². The predicted octanol–water partition coefficient (Wildman–Crippen LogP) is 15.7. The monoisotopic (exact) mass is 816 g/mol. The highest BCUT2D eigenvalue weighted by Gasteiger charge is 2.23.